The highest BCUT2D eigenvalue weighted by atomic mass is 35.5. The summed E-state index contributed by atoms with van der Waals surface area (Å²) in [7, 11) is 0. The first-order valence-electron chi connectivity index (χ1n) is 4.65. The van der Waals surface area contributed by atoms with Crippen molar-refractivity contribution in [3.05, 3.63) is 34.7 Å². The lowest BCUT2D eigenvalue weighted by molar-refractivity contribution is 0.180. The van der Waals surface area contributed by atoms with Gasteiger partial charge in [0, 0.05) is 12.7 Å². The van der Waals surface area contributed by atoms with E-state index in [1.54, 1.807) is 16.7 Å². The average molecular weight is 226 g/mol. The van der Waals surface area contributed by atoms with Gasteiger partial charge >= 0.3 is 0 Å². The number of fused-ring (bicyclic) bond motifs is 1. The molecule has 2 heterocycles. The fourth-order valence-electron chi connectivity index (χ4n) is 1.67. The van der Waals surface area contributed by atoms with Crippen molar-refractivity contribution in [2.75, 3.05) is 6.54 Å². The number of imidazole rings is 1. The molecule has 2 rings (SSSR count). The first-order valence-corrected chi connectivity index (χ1v) is 5.03. The van der Waals surface area contributed by atoms with Crippen LogP contribution >= 0.6 is 11.6 Å². The SMILES string of the molecule is Cc1nc2ccc(Cl)cn2c1C(O)CN. The largest absolute Gasteiger partial charge is 0.385 e. The average Bonchev–Trinajstić information content (AvgIpc) is 2.52. The van der Waals surface area contributed by atoms with Gasteiger partial charge < -0.3 is 10.8 Å². The molecule has 0 bridgehead atoms. The number of aliphatic hydroxyl groups excluding tert-OH is 1. The van der Waals surface area contributed by atoms with E-state index in [2.05, 4.69) is 4.98 Å². The Morgan fingerprint density at radius 2 is 2.33 bits per heavy atom. The Balaban J connectivity index is 2.70. The van der Waals surface area contributed by atoms with Gasteiger partial charge in [0.25, 0.3) is 0 Å². The Hall–Kier alpha value is -1.10. The summed E-state index contributed by atoms with van der Waals surface area (Å²) < 4.78 is 1.77. The minimum absolute atomic E-state index is 0.168. The van der Waals surface area contributed by atoms with Crippen molar-refractivity contribution >= 4 is 17.2 Å². The number of aryl methyl sites for hydroxylation is 1. The van der Waals surface area contributed by atoms with Crippen LogP contribution in [0.2, 0.25) is 5.02 Å². The van der Waals surface area contributed by atoms with Gasteiger partial charge in [-0.1, -0.05) is 11.6 Å². The molecule has 2 aromatic rings. The number of aliphatic hydroxyl groups is 1. The molecular formula is C10H12ClN3O. The highest BCUT2D eigenvalue weighted by Crippen LogP contribution is 2.20. The van der Waals surface area contributed by atoms with Crippen molar-refractivity contribution in [2.24, 2.45) is 5.73 Å². The van der Waals surface area contributed by atoms with Crippen LogP contribution in [0.25, 0.3) is 5.65 Å². The predicted molar refractivity (Wildman–Crippen MR) is 59.0 cm³/mol. The summed E-state index contributed by atoms with van der Waals surface area (Å²) in [6.45, 7) is 2.01. The molecule has 0 saturated heterocycles. The van der Waals surface area contributed by atoms with Gasteiger partial charge in [0.05, 0.1) is 16.4 Å². The molecule has 2 aromatic heterocycles. The highest BCUT2D eigenvalue weighted by molar-refractivity contribution is 6.30. The zero-order valence-corrected chi connectivity index (χ0v) is 9.07. The molecule has 1 atom stereocenters. The van der Waals surface area contributed by atoms with Crippen molar-refractivity contribution in [3.8, 4) is 0 Å². The molecule has 5 heteroatoms. The fourth-order valence-corrected chi connectivity index (χ4v) is 1.83. The Morgan fingerprint density at radius 3 is 3.00 bits per heavy atom. The van der Waals surface area contributed by atoms with Crippen molar-refractivity contribution in [3.63, 3.8) is 0 Å². The first-order chi connectivity index (χ1) is 7.13. The van der Waals surface area contributed by atoms with E-state index in [-0.39, 0.29) is 6.54 Å². The summed E-state index contributed by atoms with van der Waals surface area (Å²) >= 11 is 5.89. The predicted octanol–water partition coefficient (Wildman–Crippen LogP) is 1.29. The number of pyridine rings is 1. The van der Waals surface area contributed by atoms with Gasteiger partial charge in [-0.2, -0.15) is 0 Å². The van der Waals surface area contributed by atoms with Crippen molar-refractivity contribution < 1.29 is 5.11 Å². The molecule has 0 radical (unpaired) electrons. The summed E-state index contributed by atoms with van der Waals surface area (Å²) in [6.07, 6.45) is 1.02. The number of hydrogen-bond acceptors (Lipinski definition) is 3. The topological polar surface area (TPSA) is 63.5 Å². The van der Waals surface area contributed by atoms with Crippen LogP contribution in [0.3, 0.4) is 0 Å². The smallest absolute Gasteiger partial charge is 0.137 e. The quantitative estimate of drug-likeness (QED) is 0.810. The minimum atomic E-state index is -0.710. The summed E-state index contributed by atoms with van der Waals surface area (Å²) in [4.78, 5) is 4.31. The number of nitrogens with zero attached hydrogens (tertiary/aromatic N) is 2. The molecule has 0 amide bonds. The van der Waals surface area contributed by atoms with Gasteiger partial charge in [0.15, 0.2) is 0 Å². The maximum atomic E-state index is 9.76. The molecule has 15 heavy (non-hydrogen) atoms. The maximum Gasteiger partial charge on any atom is 0.137 e. The molecule has 4 nitrogen and oxygen atoms in total. The van der Waals surface area contributed by atoms with Crippen LogP contribution in [0.4, 0.5) is 0 Å². The lowest BCUT2D eigenvalue weighted by atomic mass is 10.2. The number of halogens is 1. The van der Waals surface area contributed by atoms with E-state index in [9.17, 15) is 5.11 Å². The van der Waals surface area contributed by atoms with Gasteiger partial charge in [-0.3, -0.25) is 4.40 Å². The second kappa shape index (κ2) is 3.81. The molecule has 3 N–H and O–H groups in total. The second-order valence-electron chi connectivity index (χ2n) is 3.41. The number of nitrogens with two attached hydrogens (primary N) is 1. The van der Waals surface area contributed by atoms with Gasteiger partial charge in [0.2, 0.25) is 0 Å². The van der Waals surface area contributed by atoms with E-state index in [1.165, 1.54) is 0 Å². The molecule has 80 valence electrons. The van der Waals surface area contributed by atoms with E-state index >= 15 is 0 Å². The maximum absolute atomic E-state index is 9.76. The van der Waals surface area contributed by atoms with E-state index in [0.29, 0.717) is 10.7 Å². The van der Waals surface area contributed by atoms with E-state index < -0.39 is 6.10 Å². The minimum Gasteiger partial charge on any atom is -0.385 e. The normalized spacial score (nSPS) is 13.3. The summed E-state index contributed by atoms with van der Waals surface area (Å²) in [5, 5.41) is 10.4. The van der Waals surface area contributed by atoms with Crippen LogP contribution in [0.15, 0.2) is 18.3 Å². The number of hydrogen-bond donors (Lipinski definition) is 2. The number of rotatable bonds is 2. The molecule has 0 aromatic carbocycles. The first kappa shape index (κ1) is 10.4. The molecule has 0 aliphatic carbocycles. The molecule has 1 unspecified atom stereocenters. The molecular weight excluding hydrogens is 214 g/mol. The van der Waals surface area contributed by atoms with Crippen molar-refractivity contribution in [2.45, 2.75) is 13.0 Å². The third kappa shape index (κ3) is 1.71. The van der Waals surface area contributed by atoms with Gasteiger partial charge in [-0.05, 0) is 19.1 Å². The summed E-state index contributed by atoms with van der Waals surface area (Å²) in [6, 6.07) is 3.57. The van der Waals surface area contributed by atoms with Gasteiger partial charge in [0.1, 0.15) is 11.8 Å². The van der Waals surface area contributed by atoms with Crippen LogP contribution in [0.1, 0.15) is 17.5 Å². The lowest BCUT2D eigenvalue weighted by Crippen LogP contribution is -2.14. The zero-order valence-electron chi connectivity index (χ0n) is 8.31. The van der Waals surface area contributed by atoms with Gasteiger partial charge in [-0.15, -0.1) is 0 Å². The van der Waals surface area contributed by atoms with Crippen molar-refractivity contribution in [1.29, 1.82) is 0 Å². The fraction of sp³-hybridized carbons (Fsp3) is 0.300. The molecule has 0 spiro atoms. The Morgan fingerprint density at radius 1 is 1.60 bits per heavy atom. The second-order valence-corrected chi connectivity index (χ2v) is 3.85. The summed E-state index contributed by atoms with van der Waals surface area (Å²) in [5.74, 6) is 0. The van der Waals surface area contributed by atoms with E-state index in [1.807, 2.05) is 13.0 Å². The van der Waals surface area contributed by atoms with Crippen LogP contribution in [-0.4, -0.2) is 21.0 Å². The highest BCUT2D eigenvalue weighted by Gasteiger charge is 2.15. The Labute approximate surface area is 92.3 Å². The molecule has 0 aliphatic rings. The summed E-state index contributed by atoms with van der Waals surface area (Å²) in [5.41, 5.74) is 7.68. The standard InChI is InChI=1S/C10H12ClN3O/c1-6-10(8(15)4-12)14-5-7(11)2-3-9(14)13-6/h2-3,5,8,15H,4,12H2,1H3. The van der Waals surface area contributed by atoms with E-state index in [0.717, 1.165) is 11.3 Å². The van der Waals surface area contributed by atoms with Crippen molar-refractivity contribution in [1.82, 2.24) is 9.38 Å². The number of aromatic nitrogens is 2. The molecule has 0 saturated carbocycles. The molecule has 0 aliphatic heterocycles. The van der Waals surface area contributed by atoms with Gasteiger partial charge in [-0.25, -0.2) is 4.98 Å². The van der Waals surface area contributed by atoms with Crippen LogP contribution in [0, 0.1) is 6.92 Å². The third-order valence-electron chi connectivity index (χ3n) is 2.34. The Bertz CT molecular complexity index is 495. The zero-order chi connectivity index (χ0) is 11.0. The monoisotopic (exact) mass is 225 g/mol. The van der Waals surface area contributed by atoms with E-state index in [4.69, 9.17) is 17.3 Å². The lowest BCUT2D eigenvalue weighted by Gasteiger charge is -2.08. The van der Waals surface area contributed by atoms with Crippen LogP contribution in [-0.2, 0) is 0 Å². The Kier molecular flexibility index (Phi) is 2.65. The third-order valence-corrected chi connectivity index (χ3v) is 2.57. The van der Waals surface area contributed by atoms with Crippen LogP contribution < -0.4 is 5.73 Å². The van der Waals surface area contributed by atoms with Crippen LogP contribution in [0.5, 0.6) is 0 Å². The molecule has 0 fully saturated rings.